The standard InChI is InChI=1S/C6H2F3I2N/c7-2-1-3(10)12-5(4(2)11)6(8)9/h1,6H. The highest BCUT2D eigenvalue weighted by Crippen LogP contribution is 2.25. The van der Waals surface area contributed by atoms with Crippen molar-refractivity contribution in [1.29, 1.82) is 0 Å². The number of nitrogens with zero attached hydrogens (tertiary/aromatic N) is 1. The van der Waals surface area contributed by atoms with Gasteiger partial charge in [-0.05, 0) is 45.2 Å². The van der Waals surface area contributed by atoms with Gasteiger partial charge < -0.3 is 0 Å². The van der Waals surface area contributed by atoms with E-state index in [0.29, 0.717) is 0 Å². The second kappa shape index (κ2) is 4.07. The molecule has 0 saturated heterocycles. The Hall–Kier alpha value is 0.400. The lowest BCUT2D eigenvalue weighted by atomic mass is 10.3. The molecule has 66 valence electrons. The topological polar surface area (TPSA) is 12.9 Å². The maximum Gasteiger partial charge on any atom is 0.281 e. The van der Waals surface area contributed by atoms with Gasteiger partial charge in [-0.2, -0.15) is 0 Å². The van der Waals surface area contributed by atoms with E-state index >= 15 is 0 Å². The number of hydrogen-bond donors (Lipinski definition) is 0. The van der Waals surface area contributed by atoms with Crippen molar-refractivity contribution >= 4 is 45.2 Å². The fourth-order valence-electron chi connectivity index (χ4n) is 0.631. The lowest BCUT2D eigenvalue weighted by Gasteiger charge is -2.03. The SMILES string of the molecule is Fc1cc(I)nc(C(F)F)c1I. The highest BCUT2D eigenvalue weighted by molar-refractivity contribution is 14.1. The van der Waals surface area contributed by atoms with Gasteiger partial charge in [-0.3, -0.25) is 0 Å². The molecule has 0 unspecified atom stereocenters. The number of halogens is 5. The highest BCUT2D eigenvalue weighted by Gasteiger charge is 2.17. The molecule has 0 aliphatic heterocycles. The first-order valence-electron chi connectivity index (χ1n) is 2.82. The van der Waals surface area contributed by atoms with Gasteiger partial charge in [-0.15, -0.1) is 0 Å². The van der Waals surface area contributed by atoms with Crippen LogP contribution in [0.3, 0.4) is 0 Å². The first-order valence-corrected chi connectivity index (χ1v) is 4.97. The summed E-state index contributed by atoms with van der Waals surface area (Å²) in [6, 6.07) is 1.12. The van der Waals surface area contributed by atoms with Crippen LogP contribution in [0.4, 0.5) is 13.2 Å². The molecule has 0 fully saturated rings. The molecule has 0 aliphatic rings. The van der Waals surface area contributed by atoms with Gasteiger partial charge in [-0.25, -0.2) is 18.2 Å². The molecule has 1 aromatic rings. The van der Waals surface area contributed by atoms with Crippen molar-refractivity contribution in [1.82, 2.24) is 4.98 Å². The molecule has 0 atom stereocenters. The Morgan fingerprint density at radius 3 is 2.42 bits per heavy atom. The fourth-order valence-corrected chi connectivity index (χ4v) is 1.68. The lowest BCUT2D eigenvalue weighted by molar-refractivity contribution is 0.144. The van der Waals surface area contributed by atoms with Crippen molar-refractivity contribution in [3.8, 4) is 0 Å². The van der Waals surface area contributed by atoms with E-state index in [-0.39, 0.29) is 7.27 Å². The molecule has 6 heteroatoms. The van der Waals surface area contributed by atoms with Crippen LogP contribution in [-0.4, -0.2) is 4.98 Å². The van der Waals surface area contributed by atoms with Crippen LogP contribution in [0.5, 0.6) is 0 Å². The van der Waals surface area contributed by atoms with E-state index in [0.717, 1.165) is 6.07 Å². The molecule has 1 rings (SSSR count). The summed E-state index contributed by atoms with van der Waals surface area (Å²) in [6.45, 7) is 0. The minimum Gasteiger partial charge on any atom is -0.240 e. The largest absolute Gasteiger partial charge is 0.281 e. The monoisotopic (exact) mass is 399 g/mol. The van der Waals surface area contributed by atoms with E-state index < -0.39 is 17.9 Å². The van der Waals surface area contributed by atoms with Crippen molar-refractivity contribution in [2.75, 3.05) is 0 Å². The minimum absolute atomic E-state index is 0.108. The summed E-state index contributed by atoms with van der Waals surface area (Å²) >= 11 is 3.21. The maximum absolute atomic E-state index is 12.8. The Bertz CT molecular complexity index is 303. The molecular formula is C6H2F3I2N. The molecule has 1 heterocycles. The van der Waals surface area contributed by atoms with Crippen LogP contribution in [0.1, 0.15) is 12.1 Å². The van der Waals surface area contributed by atoms with Crippen molar-refractivity contribution in [3.05, 3.63) is 24.8 Å². The molecule has 0 saturated carbocycles. The molecule has 0 aliphatic carbocycles. The Morgan fingerprint density at radius 2 is 1.92 bits per heavy atom. The Morgan fingerprint density at radius 1 is 1.33 bits per heavy atom. The van der Waals surface area contributed by atoms with Crippen LogP contribution in [0, 0.1) is 13.1 Å². The summed E-state index contributed by atoms with van der Waals surface area (Å²) < 4.78 is 37.2. The van der Waals surface area contributed by atoms with E-state index in [2.05, 4.69) is 4.98 Å². The summed E-state index contributed by atoms with van der Waals surface area (Å²) in [4.78, 5) is 3.52. The molecule has 0 spiro atoms. The van der Waals surface area contributed by atoms with Gasteiger partial charge in [-0.1, -0.05) is 0 Å². The molecule has 1 aromatic heterocycles. The fraction of sp³-hybridized carbons (Fsp3) is 0.167. The summed E-state index contributed by atoms with van der Waals surface area (Å²) in [5.74, 6) is -0.648. The molecule has 1 nitrogen and oxygen atoms in total. The Labute approximate surface area is 94.0 Å². The predicted molar refractivity (Wildman–Crippen MR) is 54.6 cm³/mol. The van der Waals surface area contributed by atoms with Gasteiger partial charge in [0.1, 0.15) is 15.2 Å². The van der Waals surface area contributed by atoms with Crippen LogP contribution < -0.4 is 0 Å². The smallest absolute Gasteiger partial charge is 0.240 e. The van der Waals surface area contributed by atoms with Crippen LogP contribution in [0.25, 0.3) is 0 Å². The van der Waals surface area contributed by atoms with Gasteiger partial charge in [0.15, 0.2) is 0 Å². The average Bonchev–Trinajstić information content (AvgIpc) is 1.96. The van der Waals surface area contributed by atoms with Crippen LogP contribution in [0.15, 0.2) is 6.07 Å². The number of alkyl halides is 2. The van der Waals surface area contributed by atoms with Crippen molar-refractivity contribution in [3.63, 3.8) is 0 Å². The third kappa shape index (κ3) is 2.21. The lowest BCUT2D eigenvalue weighted by Crippen LogP contribution is -1.99. The normalized spacial score (nSPS) is 10.8. The third-order valence-electron chi connectivity index (χ3n) is 1.11. The van der Waals surface area contributed by atoms with E-state index in [9.17, 15) is 13.2 Å². The average molecular weight is 399 g/mol. The molecule has 0 N–H and O–H groups in total. The first-order chi connectivity index (χ1) is 5.52. The molecule has 0 bridgehead atoms. The molecule has 12 heavy (non-hydrogen) atoms. The molecule has 0 radical (unpaired) electrons. The second-order valence-electron chi connectivity index (χ2n) is 1.93. The van der Waals surface area contributed by atoms with Gasteiger partial charge >= 0.3 is 0 Å². The maximum atomic E-state index is 12.8. The van der Waals surface area contributed by atoms with Crippen molar-refractivity contribution in [2.45, 2.75) is 6.43 Å². The van der Waals surface area contributed by atoms with E-state index in [1.807, 2.05) is 0 Å². The Kier molecular flexibility index (Phi) is 3.56. The number of rotatable bonds is 1. The summed E-state index contributed by atoms with van der Waals surface area (Å²) in [5.41, 5.74) is -0.486. The zero-order valence-corrected chi connectivity index (χ0v) is 9.81. The highest BCUT2D eigenvalue weighted by atomic mass is 127. The van der Waals surface area contributed by atoms with Crippen LogP contribution in [-0.2, 0) is 0 Å². The summed E-state index contributed by atoms with van der Waals surface area (Å²) in [5, 5.41) is 0. The minimum atomic E-state index is -2.72. The number of pyridine rings is 1. The molecule has 0 aromatic carbocycles. The zero-order valence-electron chi connectivity index (χ0n) is 5.49. The zero-order chi connectivity index (χ0) is 9.30. The van der Waals surface area contributed by atoms with Crippen molar-refractivity contribution in [2.24, 2.45) is 0 Å². The third-order valence-corrected chi connectivity index (χ3v) is 2.73. The molecule has 0 amide bonds. The van der Waals surface area contributed by atoms with E-state index in [4.69, 9.17) is 0 Å². The van der Waals surface area contributed by atoms with Gasteiger partial charge in [0.05, 0.1) is 3.57 Å². The quantitative estimate of drug-likeness (QED) is 0.522. The van der Waals surface area contributed by atoms with Gasteiger partial charge in [0.2, 0.25) is 0 Å². The molecular weight excluding hydrogens is 397 g/mol. The van der Waals surface area contributed by atoms with Gasteiger partial charge in [0, 0.05) is 6.07 Å². The second-order valence-corrected chi connectivity index (χ2v) is 4.11. The summed E-state index contributed by atoms with van der Waals surface area (Å²) in [7, 11) is 0. The van der Waals surface area contributed by atoms with E-state index in [1.165, 1.54) is 22.6 Å². The predicted octanol–water partition coefficient (Wildman–Crippen LogP) is 3.37. The Balaban J connectivity index is 3.28. The van der Waals surface area contributed by atoms with Crippen LogP contribution >= 0.6 is 45.2 Å². The van der Waals surface area contributed by atoms with E-state index in [1.54, 1.807) is 22.6 Å². The van der Waals surface area contributed by atoms with Gasteiger partial charge in [0.25, 0.3) is 6.43 Å². The van der Waals surface area contributed by atoms with Crippen molar-refractivity contribution < 1.29 is 13.2 Å². The first kappa shape index (κ1) is 10.5. The number of aromatic nitrogens is 1. The number of hydrogen-bond acceptors (Lipinski definition) is 1. The summed E-state index contributed by atoms with van der Waals surface area (Å²) in [6.07, 6.45) is -2.72. The van der Waals surface area contributed by atoms with Crippen LogP contribution in [0.2, 0.25) is 0 Å².